The number of aromatic nitrogens is 2. The van der Waals surface area contributed by atoms with Gasteiger partial charge < -0.3 is 15.8 Å². The van der Waals surface area contributed by atoms with Crippen LogP contribution >= 0.6 is 0 Å². The van der Waals surface area contributed by atoms with Gasteiger partial charge in [-0.2, -0.15) is 5.10 Å². The summed E-state index contributed by atoms with van der Waals surface area (Å²) in [5.74, 6) is 0.556. The molecule has 0 spiro atoms. The van der Waals surface area contributed by atoms with Gasteiger partial charge in [0.1, 0.15) is 11.4 Å². The first-order chi connectivity index (χ1) is 10.1. The summed E-state index contributed by atoms with van der Waals surface area (Å²) in [6.07, 6.45) is 1.50. The standard InChI is InChI=1S/C15H20N4O2/c1-4-19-14(13(16)9-17-19)15(20)18-10(2)11-5-7-12(21-3)8-6-11/h5-10H,4,16H2,1-3H3,(H,18,20). The molecule has 0 saturated carbocycles. The Hall–Kier alpha value is -2.50. The number of amides is 1. The van der Waals surface area contributed by atoms with Crippen molar-refractivity contribution in [3.8, 4) is 5.75 Å². The number of carbonyl (C=O) groups is 1. The van der Waals surface area contributed by atoms with E-state index in [1.165, 1.54) is 6.20 Å². The van der Waals surface area contributed by atoms with Crippen LogP contribution in [0.4, 0.5) is 5.69 Å². The Morgan fingerprint density at radius 1 is 1.43 bits per heavy atom. The molecular weight excluding hydrogens is 268 g/mol. The zero-order chi connectivity index (χ0) is 15.4. The lowest BCUT2D eigenvalue weighted by atomic mass is 10.1. The van der Waals surface area contributed by atoms with E-state index in [0.29, 0.717) is 17.9 Å². The first-order valence-corrected chi connectivity index (χ1v) is 6.83. The number of hydrogen-bond donors (Lipinski definition) is 2. The molecule has 21 heavy (non-hydrogen) atoms. The Morgan fingerprint density at radius 2 is 2.10 bits per heavy atom. The number of nitrogens with zero attached hydrogens (tertiary/aromatic N) is 2. The van der Waals surface area contributed by atoms with E-state index < -0.39 is 0 Å². The van der Waals surface area contributed by atoms with Crippen LogP contribution < -0.4 is 15.8 Å². The van der Waals surface area contributed by atoms with E-state index in [2.05, 4.69) is 10.4 Å². The van der Waals surface area contributed by atoms with Gasteiger partial charge in [0.05, 0.1) is 25.0 Å². The molecule has 112 valence electrons. The van der Waals surface area contributed by atoms with E-state index in [4.69, 9.17) is 10.5 Å². The minimum absolute atomic E-state index is 0.136. The van der Waals surface area contributed by atoms with Gasteiger partial charge in [-0.15, -0.1) is 0 Å². The largest absolute Gasteiger partial charge is 0.497 e. The molecule has 0 bridgehead atoms. The number of methoxy groups -OCH3 is 1. The summed E-state index contributed by atoms with van der Waals surface area (Å²) in [7, 11) is 1.62. The van der Waals surface area contributed by atoms with E-state index >= 15 is 0 Å². The molecule has 1 aromatic heterocycles. The molecule has 6 nitrogen and oxygen atoms in total. The van der Waals surface area contributed by atoms with Gasteiger partial charge in [-0.1, -0.05) is 12.1 Å². The van der Waals surface area contributed by atoms with Gasteiger partial charge in [0.25, 0.3) is 5.91 Å². The highest BCUT2D eigenvalue weighted by atomic mass is 16.5. The molecule has 1 atom stereocenters. The quantitative estimate of drug-likeness (QED) is 0.881. The van der Waals surface area contributed by atoms with Crippen molar-refractivity contribution >= 4 is 11.6 Å². The molecule has 0 saturated heterocycles. The minimum atomic E-state index is -0.227. The number of aryl methyl sites for hydroxylation is 1. The second-order valence-corrected chi connectivity index (χ2v) is 4.73. The lowest BCUT2D eigenvalue weighted by Gasteiger charge is -2.15. The fourth-order valence-electron chi connectivity index (χ4n) is 2.13. The maximum atomic E-state index is 12.3. The summed E-state index contributed by atoms with van der Waals surface area (Å²) in [5.41, 5.74) is 7.59. The first-order valence-electron chi connectivity index (χ1n) is 6.83. The highest BCUT2D eigenvalue weighted by Gasteiger charge is 2.18. The van der Waals surface area contributed by atoms with Crippen molar-refractivity contribution in [1.29, 1.82) is 0 Å². The lowest BCUT2D eigenvalue weighted by Crippen LogP contribution is -2.29. The van der Waals surface area contributed by atoms with Crippen LogP contribution in [0.5, 0.6) is 5.75 Å². The molecule has 0 fully saturated rings. The number of nitrogen functional groups attached to an aromatic ring is 1. The van der Waals surface area contributed by atoms with Crippen LogP contribution in [0.15, 0.2) is 30.5 Å². The second kappa shape index (κ2) is 6.30. The van der Waals surface area contributed by atoms with Gasteiger partial charge in [0.2, 0.25) is 0 Å². The number of rotatable bonds is 5. The molecule has 1 heterocycles. The van der Waals surface area contributed by atoms with E-state index in [0.717, 1.165) is 11.3 Å². The van der Waals surface area contributed by atoms with Crippen molar-refractivity contribution in [2.75, 3.05) is 12.8 Å². The van der Waals surface area contributed by atoms with Gasteiger partial charge in [-0.3, -0.25) is 9.48 Å². The summed E-state index contributed by atoms with van der Waals surface area (Å²) < 4.78 is 6.71. The van der Waals surface area contributed by atoms with Crippen LogP contribution in [0, 0.1) is 0 Å². The Balaban J connectivity index is 2.12. The second-order valence-electron chi connectivity index (χ2n) is 4.73. The number of hydrogen-bond acceptors (Lipinski definition) is 4. The van der Waals surface area contributed by atoms with Crippen molar-refractivity contribution < 1.29 is 9.53 Å². The van der Waals surface area contributed by atoms with Gasteiger partial charge in [-0.05, 0) is 31.5 Å². The average molecular weight is 288 g/mol. The maximum absolute atomic E-state index is 12.3. The van der Waals surface area contributed by atoms with Crippen LogP contribution in [-0.4, -0.2) is 22.8 Å². The van der Waals surface area contributed by atoms with Crippen LogP contribution in [-0.2, 0) is 6.54 Å². The predicted octanol–water partition coefficient (Wildman–Crippen LogP) is 1.98. The summed E-state index contributed by atoms with van der Waals surface area (Å²) in [6, 6.07) is 7.43. The molecule has 6 heteroatoms. The lowest BCUT2D eigenvalue weighted by molar-refractivity contribution is 0.0930. The summed E-state index contributed by atoms with van der Waals surface area (Å²) in [4.78, 5) is 12.3. The van der Waals surface area contributed by atoms with Crippen molar-refractivity contribution in [3.63, 3.8) is 0 Å². The van der Waals surface area contributed by atoms with Crippen LogP contribution in [0.2, 0.25) is 0 Å². The first kappa shape index (κ1) is 14.9. The monoisotopic (exact) mass is 288 g/mol. The fraction of sp³-hybridized carbons (Fsp3) is 0.333. The third-order valence-electron chi connectivity index (χ3n) is 3.35. The van der Waals surface area contributed by atoms with Crippen molar-refractivity contribution in [1.82, 2.24) is 15.1 Å². The molecule has 0 radical (unpaired) electrons. The summed E-state index contributed by atoms with van der Waals surface area (Å²) in [6.45, 7) is 4.43. The van der Waals surface area contributed by atoms with Crippen LogP contribution in [0.3, 0.4) is 0 Å². The summed E-state index contributed by atoms with van der Waals surface area (Å²) >= 11 is 0. The van der Waals surface area contributed by atoms with Gasteiger partial charge >= 0.3 is 0 Å². The van der Waals surface area contributed by atoms with Gasteiger partial charge in [0, 0.05) is 6.54 Å². The summed E-state index contributed by atoms with van der Waals surface area (Å²) in [5, 5.41) is 7.00. The SMILES string of the molecule is CCn1ncc(N)c1C(=O)NC(C)c1ccc(OC)cc1. The van der Waals surface area contributed by atoms with E-state index in [9.17, 15) is 4.79 Å². The molecule has 0 aliphatic rings. The molecule has 3 N–H and O–H groups in total. The number of nitrogens with two attached hydrogens (primary N) is 1. The van der Waals surface area contributed by atoms with Crippen LogP contribution in [0.1, 0.15) is 35.9 Å². The molecule has 2 rings (SSSR count). The maximum Gasteiger partial charge on any atom is 0.272 e. The number of ether oxygens (including phenoxy) is 1. The van der Waals surface area contributed by atoms with E-state index in [-0.39, 0.29) is 11.9 Å². The van der Waals surface area contributed by atoms with Gasteiger partial charge in [-0.25, -0.2) is 0 Å². The Morgan fingerprint density at radius 3 is 2.67 bits per heavy atom. The average Bonchev–Trinajstić information content (AvgIpc) is 2.88. The molecule has 0 aliphatic heterocycles. The zero-order valence-corrected chi connectivity index (χ0v) is 12.5. The minimum Gasteiger partial charge on any atom is -0.497 e. The van der Waals surface area contributed by atoms with E-state index in [1.807, 2.05) is 38.1 Å². The third-order valence-corrected chi connectivity index (χ3v) is 3.35. The molecule has 1 aromatic carbocycles. The number of carbonyl (C=O) groups excluding carboxylic acids is 1. The number of anilines is 1. The smallest absolute Gasteiger partial charge is 0.272 e. The molecular formula is C15H20N4O2. The number of benzene rings is 1. The molecule has 1 unspecified atom stereocenters. The normalized spacial score (nSPS) is 12.0. The zero-order valence-electron chi connectivity index (χ0n) is 12.5. The number of nitrogens with one attached hydrogen (secondary N) is 1. The fourth-order valence-corrected chi connectivity index (χ4v) is 2.13. The Kier molecular flexibility index (Phi) is 4.47. The van der Waals surface area contributed by atoms with Crippen molar-refractivity contribution in [3.05, 3.63) is 41.7 Å². The third kappa shape index (κ3) is 3.16. The topological polar surface area (TPSA) is 82.2 Å². The van der Waals surface area contributed by atoms with Crippen LogP contribution in [0.25, 0.3) is 0 Å². The Labute approximate surface area is 123 Å². The molecule has 0 aliphatic carbocycles. The van der Waals surface area contributed by atoms with Crippen molar-refractivity contribution in [2.45, 2.75) is 26.4 Å². The highest BCUT2D eigenvalue weighted by molar-refractivity contribution is 5.97. The van der Waals surface area contributed by atoms with E-state index in [1.54, 1.807) is 11.8 Å². The Bertz CT molecular complexity index is 619. The highest BCUT2D eigenvalue weighted by Crippen LogP contribution is 2.18. The predicted molar refractivity (Wildman–Crippen MR) is 81.2 cm³/mol. The molecule has 1 amide bonds. The molecule has 2 aromatic rings. The van der Waals surface area contributed by atoms with Gasteiger partial charge in [0.15, 0.2) is 0 Å². The van der Waals surface area contributed by atoms with Crippen molar-refractivity contribution in [2.24, 2.45) is 0 Å².